The van der Waals surface area contributed by atoms with Gasteiger partial charge in [-0.05, 0) is 43.0 Å². The van der Waals surface area contributed by atoms with Crippen molar-refractivity contribution >= 4 is 28.5 Å². The second-order valence-electron chi connectivity index (χ2n) is 6.00. The summed E-state index contributed by atoms with van der Waals surface area (Å²) in [5.74, 6) is -0.0462. The van der Waals surface area contributed by atoms with Crippen molar-refractivity contribution in [1.82, 2.24) is 20.1 Å². The maximum atomic E-state index is 13.2. The SMILES string of the molecule is O=C(c1[nH]nc2ncccc12)N1CCCCC1c1ccccc1Cl. The molecule has 1 saturated heterocycles. The van der Waals surface area contributed by atoms with E-state index in [1.165, 1.54) is 0 Å². The summed E-state index contributed by atoms with van der Waals surface area (Å²) in [6, 6.07) is 11.4. The van der Waals surface area contributed by atoms with E-state index in [9.17, 15) is 4.79 Å². The molecule has 0 saturated carbocycles. The maximum absolute atomic E-state index is 13.2. The van der Waals surface area contributed by atoms with E-state index in [1.807, 2.05) is 41.3 Å². The van der Waals surface area contributed by atoms with Gasteiger partial charge in [0.2, 0.25) is 0 Å². The molecule has 1 fully saturated rings. The lowest BCUT2D eigenvalue weighted by Gasteiger charge is -2.36. The number of carbonyl (C=O) groups excluding carboxylic acids is 1. The van der Waals surface area contributed by atoms with Crippen molar-refractivity contribution in [3.05, 3.63) is 58.9 Å². The van der Waals surface area contributed by atoms with Crippen LogP contribution in [0.4, 0.5) is 0 Å². The molecular weight excluding hydrogens is 324 g/mol. The standard InChI is InChI=1S/C18H17ClN4O/c19-14-8-2-1-6-12(14)15-9-3-4-11-23(15)18(24)16-13-7-5-10-20-17(13)22-21-16/h1-2,5-8,10,15H,3-4,9,11H2,(H,20,21,22). The van der Waals surface area contributed by atoms with Gasteiger partial charge in [-0.2, -0.15) is 5.10 Å². The molecule has 122 valence electrons. The van der Waals surface area contributed by atoms with Crippen LogP contribution in [-0.2, 0) is 0 Å². The van der Waals surface area contributed by atoms with E-state index in [1.54, 1.807) is 6.20 Å². The molecule has 4 rings (SSSR count). The average Bonchev–Trinajstić information content (AvgIpc) is 3.06. The van der Waals surface area contributed by atoms with Crippen LogP contribution in [0.1, 0.15) is 41.4 Å². The number of rotatable bonds is 2. The number of piperidine rings is 1. The molecule has 1 aliphatic heterocycles. The van der Waals surface area contributed by atoms with Gasteiger partial charge >= 0.3 is 0 Å². The summed E-state index contributed by atoms with van der Waals surface area (Å²) in [6.45, 7) is 0.718. The molecule has 0 radical (unpaired) electrons. The van der Waals surface area contributed by atoms with Gasteiger partial charge in [-0.3, -0.25) is 9.89 Å². The molecule has 1 amide bonds. The lowest BCUT2D eigenvalue weighted by molar-refractivity contribution is 0.0607. The highest BCUT2D eigenvalue weighted by atomic mass is 35.5. The molecule has 0 aliphatic carbocycles. The third-order valence-corrected chi connectivity index (χ3v) is 4.92. The molecule has 1 unspecified atom stereocenters. The molecule has 0 spiro atoms. The smallest absolute Gasteiger partial charge is 0.273 e. The Kier molecular flexibility index (Phi) is 3.94. The fourth-order valence-corrected chi connectivity index (χ4v) is 3.66. The Bertz CT molecular complexity index is 891. The number of fused-ring (bicyclic) bond motifs is 1. The van der Waals surface area contributed by atoms with Crippen molar-refractivity contribution in [3.63, 3.8) is 0 Å². The first kappa shape index (κ1) is 15.1. The number of carbonyl (C=O) groups is 1. The minimum absolute atomic E-state index is 0.00466. The van der Waals surface area contributed by atoms with Crippen molar-refractivity contribution in [2.45, 2.75) is 25.3 Å². The molecule has 1 atom stereocenters. The van der Waals surface area contributed by atoms with Crippen LogP contribution in [-0.4, -0.2) is 32.5 Å². The summed E-state index contributed by atoms with van der Waals surface area (Å²) in [4.78, 5) is 19.2. The molecule has 3 aromatic rings. The van der Waals surface area contributed by atoms with Gasteiger partial charge in [0.15, 0.2) is 5.65 Å². The first-order valence-electron chi connectivity index (χ1n) is 8.10. The highest BCUT2D eigenvalue weighted by Gasteiger charge is 2.31. The second kappa shape index (κ2) is 6.24. The number of likely N-dealkylation sites (tertiary alicyclic amines) is 1. The van der Waals surface area contributed by atoms with E-state index in [0.717, 1.165) is 36.8 Å². The van der Waals surface area contributed by atoms with E-state index >= 15 is 0 Å². The Morgan fingerprint density at radius 1 is 1.21 bits per heavy atom. The number of pyridine rings is 1. The molecule has 1 aliphatic rings. The minimum atomic E-state index is -0.0462. The monoisotopic (exact) mass is 340 g/mol. The van der Waals surface area contributed by atoms with E-state index < -0.39 is 0 Å². The summed E-state index contributed by atoms with van der Waals surface area (Å²) < 4.78 is 0. The highest BCUT2D eigenvalue weighted by molar-refractivity contribution is 6.31. The van der Waals surface area contributed by atoms with Crippen LogP contribution in [0, 0.1) is 0 Å². The summed E-state index contributed by atoms with van der Waals surface area (Å²) in [5, 5.41) is 8.46. The van der Waals surface area contributed by atoms with Gasteiger partial charge in [0, 0.05) is 17.8 Å². The third kappa shape index (κ3) is 2.55. The Balaban J connectivity index is 1.73. The predicted octanol–water partition coefficient (Wildman–Crippen LogP) is 3.98. The first-order chi connectivity index (χ1) is 11.8. The van der Waals surface area contributed by atoms with Crippen LogP contribution in [0.15, 0.2) is 42.6 Å². The van der Waals surface area contributed by atoms with Crippen LogP contribution >= 0.6 is 11.6 Å². The first-order valence-corrected chi connectivity index (χ1v) is 8.48. The lowest BCUT2D eigenvalue weighted by atomic mass is 9.94. The van der Waals surface area contributed by atoms with Gasteiger partial charge in [-0.1, -0.05) is 29.8 Å². The third-order valence-electron chi connectivity index (χ3n) is 4.57. The average molecular weight is 341 g/mol. The number of halogens is 1. The Morgan fingerprint density at radius 3 is 2.96 bits per heavy atom. The summed E-state index contributed by atoms with van der Waals surface area (Å²) in [7, 11) is 0. The zero-order valence-corrected chi connectivity index (χ0v) is 13.8. The van der Waals surface area contributed by atoms with E-state index in [4.69, 9.17) is 11.6 Å². The lowest BCUT2D eigenvalue weighted by Crippen LogP contribution is -2.38. The normalized spacial score (nSPS) is 18.0. The molecule has 0 bridgehead atoms. The number of aromatic amines is 1. The highest BCUT2D eigenvalue weighted by Crippen LogP contribution is 2.35. The van der Waals surface area contributed by atoms with Crippen molar-refractivity contribution in [2.75, 3.05) is 6.54 Å². The molecular formula is C18H17ClN4O. The molecule has 6 heteroatoms. The van der Waals surface area contributed by atoms with Crippen LogP contribution in [0.3, 0.4) is 0 Å². The molecule has 3 heterocycles. The molecule has 1 aromatic carbocycles. The fraction of sp³-hybridized carbons (Fsp3) is 0.278. The minimum Gasteiger partial charge on any atom is -0.330 e. The van der Waals surface area contributed by atoms with Crippen molar-refractivity contribution < 1.29 is 4.79 Å². The molecule has 2 aromatic heterocycles. The van der Waals surface area contributed by atoms with E-state index in [0.29, 0.717) is 16.4 Å². The molecule has 1 N–H and O–H groups in total. The Labute approximate surface area is 144 Å². The molecule has 24 heavy (non-hydrogen) atoms. The number of hydrogen-bond acceptors (Lipinski definition) is 3. The van der Waals surface area contributed by atoms with Crippen LogP contribution in [0.5, 0.6) is 0 Å². The van der Waals surface area contributed by atoms with Crippen molar-refractivity contribution in [1.29, 1.82) is 0 Å². The Hall–Kier alpha value is -2.40. The Morgan fingerprint density at radius 2 is 2.08 bits per heavy atom. The zero-order chi connectivity index (χ0) is 16.5. The summed E-state index contributed by atoms with van der Waals surface area (Å²) in [5.41, 5.74) is 2.07. The number of aromatic nitrogens is 3. The predicted molar refractivity (Wildman–Crippen MR) is 93.0 cm³/mol. The number of amides is 1. The van der Waals surface area contributed by atoms with Gasteiger partial charge in [0.05, 0.1) is 11.4 Å². The van der Waals surface area contributed by atoms with Crippen molar-refractivity contribution in [2.24, 2.45) is 0 Å². The van der Waals surface area contributed by atoms with Gasteiger partial charge in [0.1, 0.15) is 5.69 Å². The summed E-state index contributed by atoms with van der Waals surface area (Å²) >= 11 is 6.38. The van der Waals surface area contributed by atoms with Crippen molar-refractivity contribution in [3.8, 4) is 0 Å². The van der Waals surface area contributed by atoms with Gasteiger partial charge in [-0.25, -0.2) is 4.98 Å². The quantitative estimate of drug-likeness (QED) is 0.767. The number of benzene rings is 1. The molecule has 5 nitrogen and oxygen atoms in total. The number of H-pyrrole nitrogens is 1. The number of hydrogen-bond donors (Lipinski definition) is 1. The van der Waals surface area contributed by atoms with E-state index in [-0.39, 0.29) is 11.9 Å². The van der Waals surface area contributed by atoms with Crippen LogP contribution in [0.2, 0.25) is 5.02 Å². The van der Waals surface area contributed by atoms with Crippen LogP contribution < -0.4 is 0 Å². The topological polar surface area (TPSA) is 61.9 Å². The number of nitrogens with zero attached hydrogens (tertiary/aromatic N) is 3. The van der Waals surface area contributed by atoms with Gasteiger partial charge in [0.25, 0.3) is 5.91 Å². The van der Waals surface area contributed by atoms with Gasteiger partial charge in [-0.15, -0.1) is 0 Å². The fourth-order valence-electron chi connectivity index (χ4n) is 3.40. The van der Waals surface area contributed by atoms with E-state index in [2.05, 4.69) is 15.2 Å². The van der Waals surface area contributed by atoms with Gasteiger partial charge < -0.3 is 4.90 Å². The maximum Gasteiger partial charge on any atom is 0.273 e. The number of nitrogens with one attached hydrogen (secondary N) is 1. The second-order valence-corrected chi connectivity index (χ2v) is 6.41. The largest absolute Gasteiger partial charge is 0.330 e. The zero-order valence-electron chi connectivity index (χ0n) is 13.1. The summed E-state index contributed by atoms with van der Waals surface area (Å²) in [6.07, 6.45) is 4.67. The van der Waals surface area contributed by atoms with Crippen LogP contribution in [0.25, 0.3) is 11.0 Å².